The first-order chi connectivity index (χ1) is 16.7. The van der Waals surface area contributed by atoms with Crippen LogP contribution < -0.4 is 5.32 Å². The highest BCUT2D eigenvalue weighted by Crippen LogP contribution is 2.38. The maximum Gasteiger partial charge on any atom is 0.255 e. The van der Waals surface area contributed by atoms with Crippen molar-refractivity contribution < 1.29 is 14.3 Å². The number of hydrogen-bond donors (Lipinski definition) is 1. The minimum atomic E-state index is -1.19. The molecule has 11 heteroatoms. The molecule has 0 spiro atoms. The fraction of sp³-hybridized carbons (Fsp3) is 0.625. The zero-order valence-electron chi connectivity index (χ0n) is 20.6. The van der Waals surface area contributed by atoms with E-state index < -0.39 is 8.07 Å². The van der Waals surface area contributed by atoms with Gasteiger partial charge in [-0.3, -0.25) is 14.5 Å². The Morgan fingerprint density at radius 2 is 2.06 bits per heavy atom. The number of aromatic nitrogens is 3. The van der Waals surface area contributed by atoms with Crippen molar-refractivity contribution in [3.8, 4) is 6.07 Å². The van der Waals surface area contributed by atoms with Gasteiger partial charge in [0, 0.05) is 38.8 Å². The first-order valence-electron chi connectivity index (χ1n) is 12.2. The van der Waals surface area contributed by atoms with Gasteiger partial charge >= 0.3 is 0 Å². The van der Waals surface area contributed by atoms with Crippen molar-refractivity contribution in [2.24, 2.45) is 11.8 Å². The lowest BCUT2D eigenvalue weighted by Gasteiger charge is -2.29. The van der Waals surface area contributed by atoms with Crippen molar-refractivity contribution in [2.45, 2.75) is 57.7 Å². The SMILES string of the molecule is C[Si](C)(C)CCOCn1cc(C(=O)NCC(=O)[C@@H]2CC2N2CCC(C#N)CC2)c2nc(I)cnc21. The second kappa shape index (κ2) is 11.0. The van der Waals surface area contributed by atoms with E-state index in [2.05, 4.69) is 68.5 Å². The number of fused-ring (bicyclic) bond motifs is 1. The van der Waals surface area contributed by atoms with E-state index in [-0.39, 0.29) is 36.1 Å². The molecule has 1 saturated carbocycles. The van der Waals surface area contributed by atoms with Crippen LogP contribution in [0, 0.1) is 26.9 Å². The van der Waals surface area contributed by atoms with E-state index >= 15 is 0 Å². The summed E-state index contributed by atoms with van der Waals surface area (Å²) in [6.07, 6.45) is 5.96. The summed E-state index contributed by atoms with van der Waals surface area (Å²) in [7, 11) is -1.19. The predicted molar refractivity (Wildman–Crippen MR) is 143 cm³/mol. The Balaban J connectivity index is 1.34. The number of piperidine rings is 1. The van der Waals surface area contributed by atoms with Crippen LogP contribution in [-0.2, 0) is 16.3 Å². The van der Waals surface area contributed by atoms with Crippen LogP contribution in [0.3, 0.4) is 0 Å². The number of carbonyl (C=O) groups is 2. The number of likely N-dealkylation sites (tertiary alicyclic amines) is 1. The molecule has 1 saturated heterocycles. The molecule has 2 aliphatic rings. The molecule has 0 radical (unpaired) electrons. The van der Waals surface area contributed by atoms with Gasteiger partial charge in [-0.15, -0.1) is 0 Å². The Bertz CT molecular complexity index is 1130. The average Bonchev–Trinajstić information content (AvgIpc) is 3.55. The number of ketones is 1. The third kappa shape index (κ3) is 6.66. The molecule has 1 aliphatic carbocycles. The summed E-state index contributed by atoms with van der Waals surface area (Å²) in [4.78, 5) is 37.1. The summed E-state index contributed by atoms with van der Waals surface area (Å²) in [6.45, 7) is 9.63. The van der Waals surface area contributed by atoms with Crippen LogP contribution in [0.15, 0.2) is 12.4 Å². The normalized spacial score (nSPS) is 21.1. The number of nitriles is 1. The maximum absolute atomic E-state index is 13.0. The Kier molecular flexibility index (Phi) is 8.25. The van der Waals surface area contributed by atoms with Crippen LogP contribution in [0.5, 0.6) is 0 Å². The van der Waals surface area contributed by atoms with E-state index in [4.69, 9.17) is 10.00 Å². The van der Waals surface area contributed by atoms with Crippen LogP contribution in [0.2, 0.25) is 25.7 Å². The van der Waals surface area contributed by atoms with Gasteiger partial charge in [0.1, 0.15) is 15.9 Å². The van der Waals surface area contributed by atoms with Gasteiger partial charge in [-0.25, -0.2) is 9.97 Å². The Hall–Kier alpha value is -1.88. The van der Waals surface area contributed by atoms with Crippen molar-refractivity contribution in [2.75, 3.05) is 26.2 Å². The van der Waals surface area contributed by atoms with E-state index in [0.717, 1.165) is 38.4 Å². The highest BCUT2D eigenvalue weighted by Gasteiger charge is 2.46. The molecular weight excluding hydrogens is 575 g/mol. The summed E-state index contributed by atoms with van der Waals surface area (Å²) in [5.74, 6) is -0.161. The highest BCUT2D eigenvalue weighted by molar-refractivity contribution is 14.1. The highest BCUT2D eigenvalue weighted by atomic mass is 127. The number of halogens is 1. The summed E-state index contributed by atoms with van der Waals surface area (Å²) in [5.41, 5.74) is 1.51. The second-order valence-corrected chi connectivity index (χ2v) is 17.4. The largest absolute Gasteiger partial charge is 0.361 e. The molecular formula is C24H33IN6O3Si. The van der Waals surface area contributed by atoms with Crippen molar-refractivity contribution in [1.29, 1.82) is 5.26 Å². The predicted octanol–water partition coefficient (Wildman–Crippen LogP) is 3.27. The van der Waals surface area contributed by atoms with E-state index in [1.807, 2.05) is 0 Å². The number of hydrogen-bond acceptors (Lipinski definition) is 7. The number of nitrogens with one attached hydrogen (secondary N) is 1. The van der Waals surface area contributed by atoms with Crippen LogP contribution >= 0.6 is 22.6 Å². The van der Waals surface area contributed by atoms with Gasteiger partial charge in [0.2, 0.25) is 0 Å². The number of rotatable bonds is 10. The zero-order chi connectivity index (χ0) is 25.2. The van der Waals surface area contributed by atoms with Gasteiger partial charge in [0.25, 0.3) is 5.91 Å². The maximum atomic E-state index is 13.0. The fourth-order valence-corrected chi connectivity index (χ4v) is 5.66. The molecule has 1 aliphatic heterocycles. The molecule has 1 unspecified atom stereocenters. The molecule has 2 aromatic heterocycles. The van der Waals surface area contributed by atoms with Gasteiger partial charge in [0.15, 0.2) is 11.4 Å². The average molecular weight is 609 g/mol. The van der Waals surface area contributed by atoms with Crippen molar-refractivity contribution in [1.82, 2.24) is 24.8 Å². The van der Waals surface area contributed by atoms with Crippen LogP contribution in [-0.4, -0.2) is 71.5 Å². The monoisotopic (exact) mass is 608 g/mol. The zero-order valence-corrected chi connectivity index (χ0v) is 23.7. The van der Waals surface area contributed by atoms with Crippen LogP contribution in [0.25, 0.3) is 11.2 Å². The van der Waals surface area contributed by atoms with Gasteiger partial charge in [0.05, 0.1) is 24.4 Å². The molecule has 2 atom stereocenters. The van der Waals surface area contributed by atoms with Crippen molar-refractivity contribution in [3.63, 3.8) is 0 Å². The Morgan fingerprint density at radius 1 is 1.31 bits per heavy atom. The lowest BCUT2D eigenvalue weighted by Crippen LogP contribution is -2.37. The molecule has 9 nitrogen and oxygen atoms in total. The standard InChI is InChI=1S/C24H33IN6O3Si/c1-35(2,3)9-8-34-15-31-14-18(22-23(31)27-13-21(25)29-22)24(33)28-12-20(32)17-10-19(17)30-6-4-16(11-26)5-7-30/h13-14,16-17,19H,4-10,12,15H2,1-3H3,(H,28,33)/t17-,19?/m1/s1. The lowest BCUT2D eigenvalue weighted by atomic mass is 9.98. The minimum Gasteiger partial charge on any atom is -0.361 e. The fourth-order valence-electron chi connectivity index (χ4n) is 4.52. The minimum absolute atomic E-state index is 0.00536. The van der Waals surface area contributed by atoms with Gasteiger partial charge in [-0.2, -0.15) is 5.26 Å². The number of ether oxygens (including phenoxy) is 1. The van der Waals surface area contributed by atoms with E-state index in [0.29, 0.717) is 33.8 Å². The Labute approximate surface area is 220 Å². The molecule has 2 fully saturated rings. The smallest absolute Gasteiger partial charge is 0.255 e. The molecule has 1 amide bonds. The topological polar surface area (TPSA) is 113 Å². The number of carbonyl (C=O) groups excluding carboxylic acids is 2. The van der Waals surface area contributed by atoms with Gasteiger partial charge in [-0.05, 0) is 61.0 Å². The van der Waals surface area contributed by atoms with E-state index in [9.17, 15) is 9.59 Å². The molecule has 188 valence electrons. The van der Waals surface area contributed by atoms with Gasteiger partial charge < -0.3 is 14.6 Å². The summed E-state index contributed by atoms with van der Waals surface area (Å²) in [6, 6.07) is 3.66. The molecule has 0 aromatic carbocycles. The lowest BCUT2D eigenvalue weighted by molar-refractivity contribution is -0.119. The molecule has 0 bridgehead atoms. The third-order valence-electron chi connectivity index (χ3n) is 6.78. The second-order valence-electron chi connectivity index (χ2n) is 10.7. The summed E-state index contributed by atoms with van der Waals surface area (Å²) in [5, 5.41) is 11.9. The first kappa shape index (κ1) is 26.2. The first-order valence-corrected chi connectivity index (χ1v) is 17.0. The Morgan fingerprint density at radius 3 is 2.74 bits per heavy atom. The van der Waals surface area contributed by atoms with Crippen molar-refractivity contribution in [3.05, 3.63) is 21.7 Å². The number of Topliss-reactive ketones (excluding diaryl/α,β-unsaturated/α-hetero) is 1. The molecule has 1 N–H and O–H groups in total. The summed E-state index contributed by atoms with van der Waals surface area (Å²) < 4.78 is 8.37. The van der Waals surface area contributed by atoms with Gasteiger partial charge in [-0.1, -0.05) is 19.6 Å². The molecule has 3 heterocycles. The van der Waals surface area contributed by atoms with E-state index in [1.165, 1.54) is 0 Å². The van der Waals surface area contributed by atoms with Crippen molar-refractivity contribution >= 4 is 53.5 Å². The van der Waals surface area contributed by atoms with Crippen LogP contribution in [0.1, 0.15) is 29.6 Å². The molecule has 4 rings (SSSR count). The van der Waals surface area contributed by atoms with Crippen LogP contribution in [0.4, 0.5) is 0 Å². The number of amides is 1. The quantitative estimate of drug-likeness (QED) is 0.250. The third-order valence-corrected chi connectivity index (χ3v) is 9.01. The summed E-state index contributed by atoms with van der Waals surface area (Å²) >= 11 is 2.08. The molecule has 2 aromatic rings. The number of nitrogens with zero attached hydrogens (tertiary/aromatic N) is 5. The molecule has 35 heavy (non-hydrogen) atoms. The van der Waals surface area contributed by atoms with E-state index in [1.54, 1.807) is 17.0 Å².